The molecule has 1 N–H and O–H groups in total. The molecule has 1 aromatic carbocycles. The maximum absolute atomic E-state index is 5.76. The van der Waals surface area contributed by atoms with E-state index in [1.54, 1.807) is 11.9 Å². The summed E-state index contributed by atoms with van der Waals surface area (Å²) in [5, 5.41) is 0. The monoisotopic (exact) mass is 268 g/mol. The van der Waals surface area contributed by atoms with Gasteiger partial charge in [0.15, 0.2) is 0 Å². The molecule has 0 atom stereocenters. The number of nitrogens with zero attached hydrogens (tertiary/aromatic N) is 1. The Bertz CT molecular complexity index is 357. The van der Waals surface area contributed by atoms with Crippen LogP contribution in [0.3, 0.4) is 0 Å². The summed E-state index contributed by atoms with van der Waals surface area (Å²) in [6.45, 7) is 5.39. The molecule has 1 fully saturated rings. The summed E-state index contributed by atoms with van der Waals surface area (Å²) >= 11 is 1.58. The first kappa shape index (κ1) is 13.5. The number of morpholine rings is 1. The first-order valence-electron chi connectivity index (χ1n) is 6.20. The van der Waals surface area contributed by atoms with Gasteiger partial charge in [-0.3, -0.25) is 4.90 Å². The zero-order valence-electron chi connectivity index (χ0n) is 10.7. The van der Waals surface area contributed by atoms with Gasteiger partial charge in [0, 0.05) is 37.6 Å². The van der Waals surface area contributed by atoms with Crippen LogP contribution in [0.15, 0.2) is 24.3 Å². The zero-order chi connectivity index (χ0) is 12.6. The molecule has 0 saturated carbocycles. The minimum atomic E-state index is 0.725. The molecule has 18 heavy (non-hydrogen) atoms. The summed E-state index contributed by atoms with van der Waals surface area (Å²) < 4.78 is 14.3. The Kier molecular flexibility index (Phi) is 5.64. The van der Waals surface area contributed by atoms with E-state index < -0.39 is 0 Å². The summed E-state index contributed by atoms with van der Waals surface area (Å²) in [5.41, 5.74) is 1.08. The second-order valence-corrected chi connectivity index (χ2v) is 4.75. The van der Waals surface area contributed by atoms with E-state index >= 15 is 0 Å². The van der Waals surface area contributed by atoms with Crippen LogP contribution in [0.5, 0.6) is 5.75 Å². The van der Waals surface area contributed by atoms with Gasteiger partial charge < -0.3 is 14.2 Å². The van der Waals surface area contributed by atoms with E-state index in [0.717, 1.165) is 50.9 Å². The molecule has 0 spiro atoms. The van der Waals surface area contributed by atoms with Gasteiger partial charge >= 0.3 is 0 Å². The first-order chi connectivity index (χ1) is 8.88. The molecule has 0 amide bonds. The number of benzene rings is 1. The van der Waals surface area contributed by atoms with E-state index in [1.807, 2.05) is 30.5 Å². The SMILES string of the molecule is CSNc1cccc(OCCN2CCOCC2)c1. The lowest BCUT2D eigenvalue weighted by Crippen LogP contribution is -2.38. The summed E-state index contributed by atoms with van der Waals surface area (Å²) in [6, 6.07) is 8.05. The maximum Gasteiger partial charge on any atom is 0.121 e. The average molecular weight is 268 g/mol. The molecule has 2 rings (SSSR count). The maximum atomic E-state index is 5.76. The van der Waals surface area contributed by atoms with Crippen LogP contribution in [0.4, 0.5) is 5.69 Å². The molecule has 1 aliphatic heterocycles. The van der Waals surface area contributed by atoms with Crippen molar-refractivity contribution in [1.29, 1.82) is 0 Å². The highest BCUT2D eigenvalue weighted by atomic mass is 32.2. The molecule has 5 heteroatoms. The van der Waals surface area contributed by atoms with E-state index in [9.17, 15) is 0 Å². The third kappa shape index (κ3) is 4.40. The van der Waals surface area contributed by atoms with Crippen molar-refractivity contribution < 1.29 is 9.47 Å². The average Bonchev–Trinajstić information content (AvgIpc) is 2.41. The van der Waals surface area contributed by atoms with Crippen LogP contribution in [-0.2, 0) is 4.74 Å². The third-order valence-corrected chi connectivity index (χ3v) is 3.27. The zero-order valence-corrected chi connectivity index (χ0v) is 11.5. The standard InChI is InChI=1S/C13H20N2O2S/c1-18-14-12-3-2-4-13(11-12)17-10-7-15-5-8-16-9-6-15/h2-4,11,14H,5-10H2,1H3. The van der Waals surface area contributed by atoms with Crippen molar-refractivity contribution in [3.05, 3.63) is 24.3 Å². The molecule has 1 saturated heterocycles. The lowest BCUT2D eigenvalue weighted by atomic mass is 10.3. The lowest BCUT2D eigenvalue weighted by molar-refractivity contribution is 0.0322. The fourth-order valence-corrected chi connectivity index (χ4v) is 2.25. The van der Waals surface area contributed by atoms with Gasteiger partial charge in [0.05, 0.1) is 13.2 Å². The number of nitrogens with one attached hydrogen (secondary N) is 1. The molecular formula is C13H20N2O2S. The van der Waals surface area contributed by atoms with Crippen LogP contribution in [0.25, 0.3) is 0 Å². The summed E-state index contributed by atoms with van der Waals surface area (Å²) in [7, 11) is 0. The highest BCUT2D eigenvalue weighted by Gasteiger charge is 2.09. The number of hydrogen-bond donors (Lipinski definition) is 1. The Morgan fingerprint density at radius 1 is 1.39 bits per heavy atom. The van der Waals surface area contributed by atoms with Gasteiger partial charge in [-0.25, -0.2) is 0 Å². The summed E-state index contributed by atoms with van der Waals surface area (Å²) in [5.74, 6) is 0.919. The van der Waals surface area contributed by atoms with Crippen LogP contribution < -0.4 is 9.46 Å². The molecule has 0 aromatic heterocycles. The molecule has 1 aromatic rings. The quantitative estimate of drug-likeness (QED) is 0.799. The predicted molar refractivity (Wildman–Crippen MR) is 76.3 cm³/mol. The van der Waals surface area contributed by atoms with Crippen molar-refractivity contribution in [3.63, 3.8) is 0 Å². The molecule has 4 nitrogen and oxygen atoms in total. The normalized spacial score (nSPS) is 16.5. The summed E-state index contributed by atoms with van der Waals surface area (Å²) in [6.07, 6.45) is 2.01. The molecule has 1 heterocycles. The Morgan fingerprint density at radius 2 is 2.22 bits per heavy atom. The fraction of sp³-hybridized carbons (Fsp3) is 0.538. The Balaban J connectivity index is 1.73. The van der Waals surface area contributed by atoms with E-state index in [-0.39, 0.29) is 0 Å². The fourth-order valence-electron chi connectivity index (χ4n) is 1.88. The van der Waals surface area contributed by atoms with Crippen LogP contribution in [0.1, 0.15) is 0 Å². The highest BCUT2D eigenvalue weighted by molar-refractivity contribution is 7.99. The first-order valence-corrected chi connectivity index (χ1v) is 7.43. The highest BCUT2D eigenvalue weighted by Crippen LogP contribution is 2.19. The second-order valence-electron chi connectivity index (χ2n) is 4.14. The Morgan fingerprint density at radius 3 is 3.00 bits per heavy atom. The number of hydrogen-bond acceptors (Lipinski definition) is 5. The minimum absolute atomic E-state index is 0.725. The van der Waals surface area contributed by atoms with Gasteiger partial charge in [0.1, 0.15) is 12.4 Å². The molecule has 100 valence electrons. The molecule has 0 radical (unpaired) electrons. The molecule has 1 aliphatic rings. The van der Waals surface area contributed by atoms with Crippen molar-refractivity contribution in [2.75, 3.05) is 50.4 Å². The minimum Gasteiger partial charge on any atom is -0.492 e. The van der Waals surface area contributed by atoms with Crippen molar-refractivity contribution in [2.45, 2.75) is 0 Å². The van der Waals surface area contributed by atoms with Crippen molar-refractivity contribution in [2.24, 2.45) is 0 Å². The topological polar surface area (TPSA) is 33.7 Å². The molecule has 0 unspecified atom stereocenters. The van der Waals surface area contributed by atoms with Gasteiger partial charge in [-0.15, -0.1) is 0 Å². The second kappa shape index (κ2) is 7.51. The predicted octanol–water partition coefficient (Wildman–Crippen LogP) is 2.09. The van der Waals surface area contributed by atoms with Crippen molar-refractivity contribution in [1.82, 2.24) is 4.90 Å². The van der Waals surface area contributed by atoms with Crippen LogP contribution in [0, 0.1) is 0 Å². The molecular weight excluding hydrogens is 248 g/mol. The lowest BCUT2D eigenvalue weighted by Gasteiger charge is -2.26. The smallest absolute Gasteiger partial charge is 0.121 e. The van der Waals surface area contributed by atoms with Crippen molar-refractivity contribution >= 4 is 17.6 Å². The largest absolute Gasteiger partial charge is 0.492 e. The van der Waals surface area contributed by atoms with Gasteiger partial charge in [-0.2, -0.15) is 0 Å². The van der Waals surface area contributed by atoms with Crippen LogP contribution in [0.2, 0.25) is 0 Å². The molecule has 0 aliphatic carbocycles. The van der Waals surface area contributed by atoms with Crippen LogP contribution in [-0.4, -0.2) is 50.6 Å². The van der Waals surface area contributed by atoms with E-state index in [0.29, 0.717) is 0 Å². The van der Waals surface area contributed by atoms with E-state index in [4.69, 9.17) is 9.47 Å². The third-order valence-electron chi connectivity index (χ3n) is 2.83. The van der Waals surface area contributed by atoms with Gasteiger partial charge in [-0.1, -0.05) is 18.0 Å². The number of anilines is 1. The Labute approximate surface area is 113 Å². The van der Waals surface area contributed by atoms with Crippen LogP contribution >= 0.6 is 11.9 Å². The Hall–Kier alpha value is -0.910. The van der Waals surface area contributed by atoms with Crippen molar-refractivity contribution in [3.8, 4) is 5.75 Å². The number of ether oxygens (including phenoxy) is 2. The van der Waals surface area contributed by atoms with Gasteiger partial charge in [0.25, 0.3) is 0 Å². The molecule has 0 bridgehead atoms. The van der Waals surface area contributed by atoms with Gasteiger partial charge in [-0.05, 0) is 12.1 Å². The number of rotatable bonds is 6. The van der Waals surface area contributed by atoms with E-state index in [2.05, 4.69) is 9.62 Å². The van der Waals surface area contributed by atoms with Gasteiger partial charge in [0.2, 0.25) is 0 Å². The van der Waals surface area contributed by atoms with E-state index in [1.165, 1.54) is 0 Å². The summed E-state index contributed by atoms with van der Waals surface area (Å²) in [4.78, 5) is 2.37.